The molecule has 2 aromatic carbocycles. The zero-order chi connectivity index (χ0) is 19.3. The van der Waals surface area contributed by atoms with E-state index in [4.69, 9.17) is 9.47 Å². The highest BCUT2D eigenvalue weighted by Gasteiger charge is 2.41. The van der Waals surface area contributed by atoms with Crippen molar-refractivity contribution in [3.63, 3.8) is 0 Å². The fourth-order valence-corrected chi connectivity index (χ4v) is 4.41. The molecule has 0 N–H and O–H groups in total. The van der Waals surface area contributed by atoms with E-state index < -0.39 is 0 Å². The second-order valence-corrected chi connectivity index (χ2v) is 7.75. The van der Waals surface area contributed by atoms with Crippen molar-refractivity contribution in [1.29, 1.82) is 0 Å². The number of rotatable bonds is 7. The van der Waals surface area contributed by atoms with Crippen LogP contribution in [0.5, 0.6) is 11.5 Å². The van der Waals surface area contributed by atoms with Crippen LogP contribution in [0.15, 0.2) is 54.6 Å². The van der Waals surface area contributed by atoms with Gasteiger partial charge in [0.2, 0.25) is 5.91 Å². The minimum Gasteiger partial charge on any atom is -0.493 e. The zero-order valence-corrected chi connectivity index (χ0v) is 16.4. The third-order valence-corrected chi connectivity index (χ3v) is 5.81. The molecular formula is C23H28N2O3. The van der Waals surface area contributed by atoms with Crippen LogP contribution in [0.3, 0.4) is 0 Å². The van der Waals surface area contributed by atoms with Gasteiger partial charge in [-0.25, -0.2) is 0 Å². The second kappa shape index (κ2) is 8.65. The molecule has 0 aromatic heterocycles. The number of hydrogen-bond acceptors (Lipinski definition) is 4. The first-order chi connectivity index (χ1) is 13.7. The summed E-state index contributed by atoms with van der Waals surface area (Å²) < 4.78 is 11.0. The summed E-state index contributed by atoms with van der Waals surface area (Å²) in [4.78, 5) is 17.1. The van der Waals surface area contributed by atoms with Gasteiger partial charge >= 0.3 is 0 Å². The van der Waals surface area contributed by atoms with Crippen molar-refractivity contribution in [3.8, 4) is 11.5 Å². The van der Waals surface area contributed by atoms with E-state index in [0.29, 0.717) is 36.4 Å². The lowest BCUT2D eigenvalue weighted by molar-refractivity contribution is -0.131. The smallest absolute Gasteiger partial charge is 0.226 e. The van der Waals surface area contributed by atoms with Gasteiger partial charge in [-0.3, -0.25) is 9.69 Å². The van der Waals surface area contributed by atoms with Crippen LogP contribution >= 0.6 is 0 Å². The van der Waals surface area contributed by atoms with Gasteiger partial charge in [-0.05, 0) is 29.5 Å². The molecule has 2 fully saturated rings. The molecule has 2 atom stereocenters. The van der Waals surface area contributed by atoms with Gasteiger partial charge in [-0.2, -0.15) is 0 Å². The first-order valence-electron chi connectivity index (χ1n) is 10.0. The van der Waals surface area contributed by atoms with Crippen LogP contribution in [0, 0.1) is 11.8 Å². The Morgan fingerprint density at radius 3 is 2.25 bits per heavy atom. The Morgan fingerprint density at radius 2 is 1.57 bits per heavy atom. The minimum atomic E-state index is 0.193. The third kappa shape index (κ3) is 4.30. The quantitative estimate of drug-likeness (QED) is 0.740. The summed E-state index contributed by atoms with van der Waals surface area (Å²) in [5, 5.41) is 0. The molecule has 2 aliphatic rings. The number of methoxy groups -OCH3 is 1. The molecule has 5 heteroatoms. The van der Waals surface area contributed by atoms with Crippen molar-refractivity contribution >= 4 is 5.91 Å². The van der Waals surface area contributed by atoms with Crippen LogP contribution in [-0.2, 0) is 11.3 Å². The molecule has 148 valence electrons. The number of para-hydroxylation sites is 2. The molecule has 0 unspecified atom stereocenters. The fraction of sp³-hybridized carbons (Fsp3) is 0.435. The predicted octanol–water partition coefficient (Wildman–Crippen LogP) is 3.05. The molecule has 2 aromatic rings. The number of likely N-dealkylation sites (tertiary alicyclic amines) is 2. The topological polar surface area (TPSA) is 42.0 Å². The largest absolute Gasteiger partial charge is 0.493 e. The molecule has 5 nitrogen and oxygen atoms in total. The van der Waals surface area contributed by atoms with E-state index in [1.807, 2.05) is 29.2 Å². The Bertz CT molecular complexity index is 781. The maximum atomic E-state index is 12.6. The fourth-order valence-electron chi connectivity index (χ4n) is 4.41. The molecule has 0 saturated carbocycles. The van der Waals surface area contributed by atoms with Crippen molar-refractivity contribution in [3.05, 3.63) is 60.2 Å². The van der Waals surface area contributed by atoms with Crippen LogP contribution in [0.4, 0.5) is 0 Å². The number of hydrogen-bond donors (Lipinski definition) is 0. The van der Waals surface area contributed by atoms with E-state index in [1.165, 1.54) is 5.56 Å². The normalized spacial score (nSPS) is 21.5. The highest BCUT2D eigenvalue weighted by Crippen LogP contribution is 2.32. The molecule has 0 spiro atoms. The van der Waals surface area contributed by atoms with E-state index in [0.717, 1.165) is 32.7 Å². The Hall–Kier alpha value is -2.53. The van der Waals surface area contributed by atoms with Crippen LogP contribution in [0.1, 0.15) is 12.0 Å². The highest BCUT2D eigenvalue weighted by molar-refractivity contribution is 5.76. The van der Waals surface area contributed by atoms with Gasteiger partial charge < -0.3 is 14.4 Å². The monoisotopic (exact) mass is 380 g/mol. The number of fused-ring (bicyclic) bond motifs is 1. The second-order valence-electron chi connectivity index (χ2n) is 7.75. The van der Waals surface area contributed by atoms with Crippen molar-refractivity contribution in [1.82, 2.24) is 9.80 Å². The summed E-state index contributed by atoms with van der Waals surface area (Å²) in [6, 6.07) is 18.2. The maximum absolute atomic E-state index is 12.6. The van der Waals surface area contributed by atoms with Crippen LogP contribution in [-0.4, -0.2) is 55.6 Å². The van der Waals surface area contributed by atoms with Crippen LogP contribution in [0.25, 0.3) is 0 Å². The average molecular weight is 380 g/mol. The average Bonchev–Trinajstić information content (AvgIpc) is 3.28. The number of ether oxygens (including phenoxy) is 2. The molecule has 0 aliphatic carbocycles. The van der Waals surface area contributed by atoms with E-state index in [2.05, 4.69) is 35.2 Å². The molecule has 2 aliphatic heterocycles. The van der Waals surface area contributed by atoms with Gasteiger partial charge in [-0.1, -0.05) is 42.5 Å². The summed E-state index contributed by atoms with van der Waals surface area (Å²) in [7, 11) is 1.62. The van der Waals surface area contributed by atoms with Crippen molar-refractivity contribution in [2.24, 2.45) is 11.8 Å². The Kier molecular flexibility index (Phi) is 5.81. The summed E-state index contributed by atoms with van der Waals surface area (Å²) >= 11 is 0. The summed E-state index contributed by atoms with van der Waals surface area (Å²) in [6.45, 7) is 5.31. The summed E-state index contributed by atoms with van der Waals surface area (Å²) in [5.41, 5.74) is 1.36. The maximum Gasteiger partial charge on any atom is 0.226 e. The van der Waals surface area contributed by atoms with Gasteiger partial charge in [0.25, 0.3) is 0 Å². The lowest BCUT2D eigenvalue weighted by Gasteiger charge is -2.22. The van der Waals surface area contributed by atoms with Crippen LogP contribution in [0.2, 0.25) is 0 Å². The predicted molar refractivity (Wildman–Crippen MR) is 108 cm³/mol. The molecule has 2 heterocycles. The SMILES string of the molecule is COc1ccccc1OCCC(=O)N1C[C@@H]2CN(Cc3ccccc3)C[C@H]2C1. The molecule has 1 amide bonds. The van der Waals surface area contributed by atoms with E-state index in [-0.39, 0.29) is 5.91 Å². The molecule has 28 heavy (non-hydrogen) atoms. The minimum absolute atomic E-state index is 0.193. The van der Waals surface area contributed by atoms with Crippen LogP contribution < -0.4 is 9.47 Å². The van der Waals surface area contributed by atoms with Gasteiger partial charge in [-0.15, -0.1) is 0 Å². The number of nitrogens with zero attached hydrogens (tertiary/aromatic N) is 2. The van der Waals surface area contributed by atoms with E-state index in [9.17, 15) is 4.79 Å². The number of carbonyl (C=O) groups excluding carboxylic acids is 1. The lowest BCUT2D eigenvalue weighted by atomic mass is 10.0. The number of carbonyl (C=O) groups is 1. The lowest BCUT2D eigenvalue weighted by Crippen LogP contribution is -2.33. The van der Waals surface area contributed by atoms with Gasteiger partial charge in [0, 0.05) is 32.7 Å². The summed E-state index contributed by atoms with van der Waals surface area (Å²) in [6.07, 6.45) is 0.408. The molecule has 0 radical (unpaired) electrons. The van der Waals surface area contributed by atoms with Gasteiger partial charge in [0.05, 0.1) is 20.1 Å². The molecule has 0 bridgehead atoms. The Labute approximate surface area is 166 Å². The van der Waals surface area contributed by atoms with E-state index in [1.54, 1.807) is 7.11 Å². The number of amides is 1. The Morgan fingerprint density at radius 1 is 0.929 bits per heavy atom. The first-order valence-corrected chi connectivity index (χ1v) is 10.0. The van der Waals surface area contributed by atoms with Crippen molar-refractivity contribution in [2.45, 2.75) is 13.0 Å². The molecule has 2 saturated heterocycles. The third-order valence-electron chi connectivity index (χ3n) is 5.81. The van der Waals surface area contributed by atoms with Gasteiger partial charge in [0.1, 0.15) is 0 Å². The Balaban J connectivity index is 1.22. The van der Waals surface area contributed by atoms with Crippen molar-refractivity contribution < 1.29 is 14.3 Å². The van der Waals surface area contributed by atoms with Crippen molar-refractivity contribution in [2.75, 3.05) is 39.9 Å². The molecule has 4 rings (SSSR count). The first kappa shape index (κ1) is 18.8. The summed E-state index contributed by atoms with van der Waals surface area (Å²) in [5.74, 6) is 2.78. The highest BCUT2D eigenvalue weighted by atomic mass is 16.5. The standard InChI is InChI=1S/C23H28N2O3/c1-27-21-9-5-6-10-22(21)28-12-11-23(26)25-16-19-14-24(15-20(19)17-25)13-18-7-3-2-4-8-18/h2-10,19-20H,11-17H2,1H3/t19-,20-/m0/s1. The van der Waals surface area contributed by atoms with E-state index >= 15 is 0 Å². The zero-order valence-electron chi connectivity index (χ0n) is 16.4. The number of benzene rings is 2. The molecular weight excluding hydrogens is 352 g/mol. The van der Waals surface area contributed by atoms with Gasteiger partial charge in [0.15, 0.2) is 11.5 Å².